The Balaban J connectivity index is 1.54. The van der Waals surface area contributed by atoms with Crippen LogP contribution in [-0.4, -0.2) is 16.1 Å². The molecule has 0 radical (unpaired) electrons. The fourth-order valence-corrected chi connectivity index (χ4v) is 3.02. The Morgan fingerprint density at radius 2 is 1.83 bits per heavy atom. The molecule has 0 spiro atoms. The molecule has 0 bridgehead atoms. The van der Waals surface area contributed by atoms with E-state index >= 15 is 0 Å². The van der Waals surface area contributed by atoms with E-state index in [0.717, 1.165) is 39.0 Å². The fourth-order valence-electron chi connectivity index (χ4n) is 3.02. The Labute approximate surface area is 173 Å². The number of allylic oxidation sites excluding steroid dienone is 1. The number of hydrogen-bond donors (Lipinski definition) is 0. The first-order valence-electron chi connectivity index (χ1n) is 9.43. The van der Waals surface area contributed by atoms with Gasteiger partial charge in [-0.15, -0.1) is 0 Å². The maximum Gasteiger partial charge on any atom is 0.269 e. The molecule has 6 nitrogen and oxygen atoms in total. The number of oxazole rings is 1. The number of benzene rings is 3. The van der Waals surface area contributed by atoms with Crippen LogP contribution in [0.3, 0.4) is 0 Å². The normalized spacial score (nSPS) is 11.7. The lowest BCUT2D eigenvalue weighted by Gasteiger charge is -2.02. The topological polar surface area (TPSA) is 81.5 Å². The highest BCUT2D eigenvalue weighted by Crippen LogP contribution is 2.29. The maximum absolute atomic E-state index is 10.7. The van der Waals surface area contributed by atoms with E-state index in [4.69, 9.17) is 4.42 Å². The largest absolute Gasteiger partial charge is 0.436 e. The van der Waals surface area contributed by atoms with Crippen LogP contribution in [0.15, 0.2) is 76.1 Å². The van der Waals surface area contributed by atoms with Gasteiger partial charge in [0, 0.05) is 23.9 Å². The Morgan fingerprint density at radius 3 is 2.60 bits per heavy atom. The lowest BCUT2D eigenvalue weighted by Crippen LogP contribution is -1.86. The summed E-state index contributed by atoms with van der Waals surface area (Å²) in [6.45, 7) is 4.01. The van der Waals surface area contributed by atoms with Gasteiger partial charge >= 0.3 is 0 Å². The molecule has 148 valence electrons. The van der Waals surface area contributed by atoms with Crippen molar-refractivity contribution in [2.24, 2.45) is 4.99 Å². The van der Waals surface area contributed by atoms with Crippen molar-refractivity contribution in [3.05, 3.63) is 93.5 Å². The van der Waals surface area contributed by atoms with Gasteiger partial charge in [-0.2, -0.15) is 0 Å². The summed E-state index contributed by atoms with van der Waals surface area (Å²) < 4.78 is 5.91. The molecule has 4 rings (SSSR count). The maximum atomic E-state index is 10.7. The van der Waals surface area contributed by atoms with Crippen LogP contribution in [0.2, 0.25) is 0 Å². The molecule has 0 fully saturated rings. The van der Waals surface area contributed by atoms with Crippen LogP contribution < -0.4 is 0 Å². The molecular weight excluding hydrogens is 378 g/mol. The van der Waals surface area contributed by atoms with Crippen LogP contribution in [0.1, 0.15) is 16.7 Å². The molecule has 0 saturated carbocycles. The Kier molecular flexibility index (Phi) is 5.22. The summed E-state index contributed by atoms with van der Waals surface area (Å²) in [6.07, 6.45) is 5.34. The van der Waals surface area contributed by atoms with Gasteiger partial charge in [0.2, 0.25) is 5.89 Å². The van der Waals surface area contributed by atoms with Gasteiger partial charge in [0.1, 0.15) is 5.52 Å². The number of nitro benzene ring substituents is 1. The van der Waals surface area contributed by atoms with Gasteiger partial charge in [-0.25, -0.2) is 4.98 Å². The average Bonchev–Trinajstić information content (AvgIpc) is 3.16. The average molecular weight is 397 g/mol. The number of aryl methyl sites for hydroxylation is 2. The zero-order chi connectivity index (χ0) is 21.1. The lowest BCUT2D eigenvalue weighted by molar-refractivity contribution is -0.384. The van der Waals surface area contributed by atoms with E-state index in [9.17, 15) is 10.1 Å². The summed E-state index contributed by atoms with van der Waals surface area (Å²) in [5.74, 6) is 0.563. The molecule has 0 unspecified atom stereocenters. The molecule has 3 aromatic carbocycles. The highest BCUT2D eigenvalue weighted by molar-refractivity contribution is 5.82. The van der Waals surface area contributed by atoms with Crippen molar-refractivity contribution in [3.63, 3.8) is 0 Å². The fraction of sp³-hybridized carbons (Fsp3) is 0.0833. The number of nitro groups is 1. The van der Waals surface area contributed by atoms with Crippen molar-refractivity contribution in [2.75, 3.05) is 0 Å². The molecule has 6 heteroatoms. The molecule has 30 heavy (non-hydrogen) atoms. The third-order valence-corrected chi connectivity index (χ3v) is 4.69. The molecule has 0 aliphatic heterocycles. The minimum atomic E-state index is -0.414. The van der Waals surface area contributed by atoms with Crippen LogP contribution in [0.5, 0.6) is 0 Å². The quantitative estimate of drug-likeness (QED) is 0.220. The van der Waals surface area contributed by atoms with Crippen molar-refractivity contribution in [1.82, 2.24) is 4.98 Å². The van der Waals surface area contributed by atoms with Gasteiger partial charge in [-0.1, -0.05) is 18.2 Å². The molecule has 0 amide bonds. The zero-order valence-corrected chi connectivity index (χ0v) is 16.6. The smallest absolute Gasteiger partial charge is 0.269 e. The van der Waals surface area contributed by atoms with E-state index in [2.05, 4.69) is 9.98 Å². The van der Waals surface area contributed by atoms with Gasteiger partial charge < -0.3 is 4.42 Å². The van der Waals surface area contributed by atoms with Crippen molar-refractivity contribution >= 4 is 34.8 Å². The Hall–Kier alpha value is -4.06. The van der Waals surface area contributed by atoms with Gasteiger partial charge in [-0.3, -0.25) is 15.1 Å². The minimum absolute atomic E-state index is 0.0719. The second kappa shape index (κ2) is 8.13. The SMILES string of the molecule is Cc1ccc2nc(-c3ccc(C)c(N=C/C=C\c4ccc([N+](=O)[O-])cc4)c3)oc2c1. The predicted octanol–water partition coefficient (Wildman–Crippen LogP) is 6.44. The van der Waals surface area contributed by atoms with Crippen LogP contribution in [0.4, 0.5) is 11.4 Å². The van der Waals surface area contributed by atoms with Crippen LogP contribution in [0, 0.1) is 24.0 Å². The molecule has 0 atom stereocenters. The summed E-state index contributed by atoms with van der Waals surface area (Å²) in [7, 11) is 0. The van der Waals surface area contributed by atoms with Crippen LogP contribution in [-0.2, 0) is 0 Å². The summed E-state index contributed by atoms with van der Waals surface area (Å²) in [5.41, 5.74) is 6.36. The summed E-state index contributed by atoms with van der Waals surface area (Å²) in [6, 6.07) is 18.2. The molecule has 0 N–H and O–H groups in total. The third-order valence-electron chi connectivity index (χ3n) is 4.69. The minimum Gasteiger partial charge on any atom is -0.436 e. The molecule has 4 aromatic rings. The van der Waals surface area contributed by atoms with Crippen molar-refractivity contribution in [1.29, 1.82) is 0 Å². The number of non-ortho nitro benzene ring substituents is 1. The highest BCUT2D eigenvalue weighted by atomic mass is 16.6. The molecule has 0 saturated heterocycles. The van der Waals surface area contributed by atoms with E-state index < -0.39 is 4.92 Å². The number of aromatic nitrogens is 1. The molecule has 1 heterocycles. The summed E-state index contributed by atoms with van der Waals surface area (Å²) >= 11 is 0. The third kappa shape index (κ3) is 4.17. The van der Waals surface area contributed by atoms with Gasteiger partial charge in [0.15, 0.2) is 5.58 Å². The second-order valence-electron chi connectivity index (χ2n) is 6.98. The standard InChI is InChI=1S/C24H19N3O3/c1-16-5-12-21-23(14-16)30-24(26-21)19-9-6-17(2)22(15-19)25-13-3-4-18-7-10-20(11-8-18)27(28)29/h3-15H,1-2H3/b4-3-,25-13?. The number of fused-ring (bicyclic) bond motifs is 1. The van der Waals surface area contributed by atoms with E-state index in [-0.39, 0.29) is 5.69 Å². The first-order valence-corrected chi connectivity index (χ1v) is 9.43. The summed E-state index contributed by atoms with van der Waals surface area (Å²) in [5, 5.41) is 10.7. The predicted molar refractivity (Wildman–Crippen MR) is 119 cm³/mol. The second-order valence-corrected chi connectivity index (χ2v) is 6.98. The molecule has 0 aliphatic carbocycles. The monoisotopic (exact) mass is 397 g/mol. The van der Waals surface area contributed by atoms with Crippen LogP contribution in [0.25, 0.3) is 28.6 Å². The molecular formula is C24H19N3O3. The van der Waals surface area contributed by atoms with Crippen molar-refractivity contribution in [2.45, 2.75) is 13.8 Å². The number of rotatable bonds is 5. The lowest BCUT2D eigenvalue weighted by atomic mass is 10.1. The van der Waals surface area contributed by atoms with E-state index in [1.165, 1.54) is 12.1 Å². The number of hydrogen-bond acceptors (Lipinski definition) is 5. The van der Waals surface area contributed by atoms with Crippen molar-refractivity contribution < 1.29 is 9.34 Å². The number of aliphatic imine (C=N–C) groups is 1. The van der Waals surface area contributed by atoms with Gasteiger partial charge in [-0.05, 0) is 73.0 Å². The Morgan fingerprint density at radius 1 is 1.03 bits per heavy atom. The van der Waals surface area contributed by atoms with Crippen LogP contribution >= 0.6 is 0 Å². The first kappa shape index (κ1) is 19.3. The van der Waals surface area contributed by atoms with E-state index in [1.807, 2.05) is 56.3 Å². The molecule has 0 aliphatic rings. The van der Waals surface area contributed by atoms with E-state index in [0.29, 0.717) is 5.89 Å². The van der Waals surface area contributed by atoms with Gasteiger partial charge in [0.05, 0.1) is 10.6 Å². The van der Waals surface area contributed by atoms with Crippen molar-refractivity contribution in [3.8, 4) is 11.5 Å². The zero-order valence-electron chi connectivity index (χ0n) is 16.6. The van der Waals surface area contributed by atoms with Gasteiger partial charge in [0.25, 0.3) is 5.69 Å². The first-order chi connectivity index (χ1) is 14.5. The summed E-state index contributed by atoms with van der Waals surface area (Å²) in [4.78, 5) is 19.4. The Bertz CT molecular complexity index is 1290. The highest BCUT2D eigenvalue weighted by Gasteiger charge is 2.10. The van der Waals surface area contributed by atoms with E-state index in [1.54, 1.807) is 24.4 Å². The molecule has 1 aromatic heterocycles. The number of nitrogens with zero attached hydrogens (tertiary/aromatic N) is 3.